The Morgan fingerprint density at radius 1 is 0.281 bits per heavy atom. The summed E-state index contributed by atoms with van der Waals surface area (Å²) >= 11 is 0. The summed E-state index contributed by atoms with van der Waals surface area (Å²) in [6, 6.07) is 74.2. The van der Waals surface area contributed by atoms with Gasteiger partial charge in [-0.05, 0) is 116 Å². The van der Waals surface area contributed by atoms with Gasteiger partial charge in [0.15, 0.2) is 0 Å². The third-order valence-corrected chi connectivity index (χ3v) is 12.1. The van der Waals surface area contributed by atoms with E-state index in [1.54, 1.807) is 0 Å². The van der Waals surface area contributed by atoms with Crippen LogP contribution in [0.1, 0.15) is 5.56 Å². The van der Waals surface area contributed by atoms with Gasteiger partial charge in [0.2, 0.25) is 0 Å². The van der Waals surface area contributed by atoms with Gasteiger partial charge in [0.25, 0.3) is 0 Å². The number of rotatable bonds is 4. The molecule has 57 heavy (non-hydrogen) atoms. The summed E-state index contributed by atoms with van der Waals surface area (Å²) in [6.45, 7) is 2.17. The molecule has 2 nitrogen and oxygen atoms in total. The molecule has 0 bridgehead atoms. The van der Waals surface area contributed by atoms with E-state index >= 15 is 0 Å². The predicted octanol–water partition coefficient (Wildman–Crippen LogP) is 15.0. The molecular formula is C55H36N2. The van der Waals surface area contributed by atoms with Gasteiger partial charge in [-0.25, -0.2) is 0 Å². The fraction of sp³-hybridized carbons (Fsp3) is 0.0182. The van der Waals surface area contributed by atoms with Gasteiger partial charge in [-0.1, -0.05) is 151 Å². The molecule has 0 amide bonds. The summed E-state index contributed by atoms with van der Waals surface area (Å²) in [6.07, 6.45) is 0. The van der Waals surface area contributed by atoms with Crippen LogP contribution in [0.15, 0.2) is 200 Å². The second kappa shape index (κ2) is 12.3. The Morgan fingerprint density at radius 3 is 1.18 bits per heavy atom. The number of nitrogens with zero attached hydrogens (tertiary/aromatic N) is 2. The van der Waals surface area contributed by atoms with E-state index in [9.17, 15) is 0 Å². The van der Waals surface area contributed by atoms with E-state index in [1.165, 1.54) is 104 Å². The number of aromatic nitrogens is 2. The molecule has 10 aromatic carbocycles. The van der Waals surface area contributed by atoms with Crippen molar-refractivity contribution in [3.63, 3.8) is 0 Å². The number of hydrogen-bond donors (Lipinski definition) is 0. The van der Waals surface area contributed by atoms with Crippen LogP contribution in [0.3, 0.4) is 0 Å². The summed E-state index contributed by atoms with van der Waals surface area (Å²) in [5, 5.41) is 12.5. The van der Waals surface area contributed by atoms with Gasteiger partial charge in [-0.15, -0.1) is 0 Å². The molecule has 0 N–H and O–H groups in total. The van der Waals surface area contributed by atoms with Crippen LogP contribution in [0, 0.1) is 6.92 Å². The van der Waals surface area contributed by atoms with Gasteiger partial charge >= 0.3 is 0 Å². The summed E-state index contributed by atoms with van der Waals surface area (Å²) in [4.78, 5) is 0. The zero-order chi connectivity index (χ0) is 37.6. The van der Waals surface area contributed by atoms with Crippen LogP contribution in [0.2, 0.25) is 0 Å². The molecule has 0 spiro atoms. The first-order valence-corrected chi connectivity index (χ1v) is 19.8. The third kappa shape index (κ3) is 4.77. The number of hydrogen-bond acceptors (Lipinski definition) is 0. The van der Waals surface area contributed by atoms with Crippen LogP contribution in [0.4, 0.5) is 0 Å². The molecular weight excluding hydrogens is 689 g/mol. The van der Waals surface area contributed by atoms with Crippen molar-refractivity contribution in [1.82, 2.24) is 9.13 Å². The topological polar surface area (TPSA) is 9.86 Å². The van der Waals surface area contributed by atoms with Crippen molar-refractivity contribution in [2.75, 3.05) is 0 Å². The van der Waals surface area contributed by atoms with Crippen LogP contribution < -0.4 is 0 Å². The molecule has 0 aliphatic heterocycles. The summed E-state index contributed by atoms with van der Waals surface area (Å²) in [5.41, 5.74) is 13.3. The number of aryl methyl sites for hydroxylation is 1. The molecule has 0 saturated heterocycles. The van der Waals surface area contributed by atoms with E-state index in [2.05, 4.69) is 216 Å². The van der Waals surface area contributed by atoms with Crippen molar-refractivity contribution in [2.45, 2.75) is 6.92 Å². The summed E-state index contributed by atoms with van der Waals surface area (Å²) in [7, 11) is 0. The quantitative estimate of drug-likeness (QED) is 0.160. The Labute approximate surface area is 330 Å². The Balaban J connectivity index is 1.24. The van der Waals surface area contributed by atoms with Crippen LogP contribution in [0.5, 0.6) is 0 Å². The van der Waals surface area contributed by atoms with E-state index in [0.29, 0.717) is 0 Å². The first-order valence-electron chi connectivity index (χ1n) is 19.8. The minimum atomic E-state index is 1.15. The SMILES string of the molecule is Cc1ccc(-c2c3ccc(-n4c5ccccc5c5ccccc54)cc3c(-c3ccc4ccccc4c3)c3ccc(-n4c5ccccc5c5ccccc54)cc23)cc1. The van der Waals surface area contributed by atoms with Crippen molar-refractivity contribution >= 4 is 75.9 Å². The maximum atomic E-state index is 2.44. The first-order chi connectivity index (χ1) is 28.2. The fourth-order valence-electron chi connectivity index (χ4n) is 9.57. The zero-order valence-corrected chi connectivity index (χ0v) is 31.4. The van der Waals surface area contributed by atoms with Crippen molar-refractivity contribution in [1.29, 1.82) is 0 Å². The smallest absolute Gasteiger partial charge is 0.0541 e. The van der Waals surface area contributed by atoms with Crippen LogP contribution in [0.25, 0.3) is 110 Å². The Morgan fingerprint density at radius 2 is 0.684 bits per heavy atom. The average molecular weight is 725 g/mol. The second-order valence-electron chi connectivity index (χ2n) is 15.4. The average Bonchev–Trinajstić information content (AvgIpc) is 3.79. The van der Waals surface area contributed by atoms with Crippen molar-refractivity contribution in [2.24, 2.45) is 0 Å². The Bertz CT molecular complexity index is 3470. The molecule has 0 aliphatic rings. The standard InChI is InChI=1S/C55H36N2/c1-35-22-24-37(25-23-35)54-46-30-28-41(57-52-20-10-6-16-44(52)45-17-7-11-21-53(45)57)34-49(46)55(39-27-26-36-12-2-3-13-38(36)32-39)47-31-29-40(33-48(47)54)56-50-18-8-4-14-42(50)43-15-5-9-19-51(43)56/h2-34H,1H3. The molecule has 0 atom stereocenters. The maximum Gasteiger partial charge on any atom is 0.0541 e. The van der Waals surface area contributed by atoms with E-state index in [1.807, 2.05) is 0 Å². The molecule has 2 aromatic heterocycles. The van der Waals surface area contributed by atoms with Gasteiger partial charge < -0.3 is 9.13 Å². The van der Waals surface area contributed by atoms with Gasteiger partial charge in [-0.2, -0.15) is 0 Å². The lowest BCUT2D eigenvalue weighted by Gasteiger charge is -2.21. The van der Waals surface area contributed by atoms with Gasteiger partial charge in [0.05, 0.1) is 22.1 Å². The zero-order valence-electron chi connectivity index (χ0n) is 31.4. The monoisotopic (exact) mass is 724 g/mol. The molecule has 2 heterocycles. The van der Waals surface area contributed by atoms with E-state index in [-0.39, 0.29) is 0 Å². The predicted molar refractivity (Wildman–Crippen MR) is 243 cm³/mol. The molecule has 12 rings (SSSR count). The van der Waals surface area contributed by atoms with E-state index in [0.717, 1.165) is 11.4 Å². The van der Waals surface area contributed by atoms with Crippen LogP contribution in [-0.2, 0) is 0 Å². The highest BCUT2D eigenvalue weighted by Gasteiger charge is 2.21. The largest absolute Gasteiger partial charge is 0.309 e. The van der Waals surface area contributed by atoms with Crippen LogP contribution in [-0.4, -0.2) is 9.13 Å². The number of para-hydroxylation sites is 4. The summed E-state index contributed by atoms with van der Waals surface area (Å²) in [5.74, 6) is 0. The molecule has 0 unspecified atom stereocenters. The minimum Gasteiger partial charge on any atom is -0.309 e. The number of fused-ring (bicyclic) bond motifs is 9. The van der Waals surface area contributed by atoms with Gasteiger partial charge in [0.1, 0.15) is 0 Å². The lowest BCUT2D eigenvalue weighted by molar-refractivity contribution is 1.18. The fourth-order valence-corrected chi connectivity index (χ4v) is 9.57. The molecule has 0 radical (unpaired) electrons. The molecule has 2 heteroatoms. The molecule has 0 fully saturated rings. The molecule has 266 valence electrons. The van der Waals surface area contributed by atoms with Crippen molar-refractivity contribution in [3.8, 4) is 33.6 Å². The van der Waals surface area contributed by atoms with E-state index in [4.69, 9.17) is 0 Å². The Kier molecular flexibility index (Phi) is 6.88. The molecule has 0 aliphatic carbocycles. The Hall–Kier alpha value is -7.42. The van der Waals surface area contributed by atoms with Gasteiger partial charge in [-0.3, -0.25) is 0 Å². The highest BCUT2D eigenvalue weighted by molar-refractivity contribution is 6.23. The van der Waals surface area contributed by atoms with Crippen molar-refractivity contribution in [3.05, 3.63) is 206 Å². The lowest BCUT2D eigenvalue weighted by Crippen LogP contribution is -1.98. The normalized spacial score (nSPS) is 11.9. The third-order valence-electron chi connectivity index (χ3n) is 12.1. The molecule has 12 aromatic rings. The minimum absolute atomic E-state index is 1.15. The number of benzene rings is 10. The van der Waals surface area contributed by atoms with Crippen LogP contribution >= 0.6 is 0 Å². The first kappa shape index (κ1) is 31.9. The maximum absolute atomic E-state index is 2.44. The van der Waals surface area contributed by atoms with E-state index < -0.39 is 0 Å². The summed E-state index contributed by atoms with van der Waals surface area (Å²) < 4.78 is 4.88. The highest BCUT2D eigenvalue weighted by Crippen LogP contribution is 2.47. The second-order valence-corrected chi connectivity index (χ2v) is 15.4. The lowest BCUT2D eigenvalue weighted by atomic mass is 9.85. The molecule has 0 saturated carbocycles. The highest BCUT2D eigenvalue weighted by atomic mass is 15.0. The van der Waals surface area contributed by atoms with Crippen molar-refractivity contribution < 1.29 is 0 Å². The van der Waals surface area contributed by atoms with Gasteiger partial charge in [0, 0.05) is 32.9 Å².